The van der Waals surface area contributed by atoms with Crippen molar-refractivity contribution in [2.45, 2.75) is 19.1 Å². The predicted molar refractivity (Wildman–Crippen MR) is 104 cm³/mol. The summed E-state index contributed by atoms with van der Waals surface area (Å²) >= 11 is 1.48. The molecule has 2 N–H and O–H groups in total. The van der Waals surface area contributed by atoms with E-state index >= 15 is 0 Å². The molecule has 0 saturated heterocycles. The summed E-state index contributed by atoms with van der Waals surface area (Å²) in [5, 5.41) is 33.6. The summed E-state index contributed by atoms with van der Waals surface area (Å²) in [6.45, 7) is 1.62. The van der Waals surface area contributed by atoms with Gasteiger partial charge in [0, 0.05) is 16.6 Å². The van der Waals surface area contributed by atoms with Gasteiger partial charge in [-0.3, -0.25) is 0 Å². The van der Waals surface area contributed by atoms with Crippen molar-refractivity contribution in [1.82, 2.24) is 10.2 Å². The van der Waals surface area contributed by atoms with Crippen LogP contribution in [0.2, 0.25) is 0 Å². The maximum atomic E-state index is 13.1. The van der Waals surface area contributed by atoms with E-state index in [0.29, 0.717) is 11.1 Å². The van der Waals surface area contributed by atoms with E-state index in [4.69, 9.17) is 4.42 Å². The van der Waals surface area contributed by atoms with Gasteiger partial charge in [0.05, 0.1) is 16.4 Å². The lowest BCUT2D eigenvalue weighted by atomic mass is 10.1. The molecule has 6 nitrogen and oxygen atoms in total. The van der Waals surface area contributed by atoms with Crippen molar-refractivity contribution in [1.29, 1.82) is 5.26 Å². The molecule has 2 heterocycles. The first-order chi connectivity index (χ1) is 13.6. The fourth-order valence-electron chi connectivity index (χ4n) is 2.90. The molecule has 8 heteroatoms. The average molecular weight is 394 g/mol. The fraction of sp³-hybridized carbons (Fsp3) is 0.150. The topological polar surface area (TPSA) is 95.0 Å². The first-order valence-electron chi connectivity index (χ1n) is 8.51. The first-order valence-corrected chi connectivity index (χ1v) is 9.39. The van der Waals surface area contributed by atoms with Crippen LogP contribution in [-0.4, -0.2) is 21.4 Å². The Kier molecular flexibility index (Phi) is 4.77. The standard InChI is InChI=1S/C20H15FN4O2S/c1-11(26)17(20-25-24-19(27-20)12-2-5-14(21)6-3-12)23-16-7-4-13(10-22)18-15(16)8-9-28-18/h2-9,11,17,23,26H,1H3/t11-,17+/m0/s1. The lowest BCUT2D eigenvalue weighted by Crippen LogP contribution is -2.23. The molecule has 4 rings (SSSR count). The molecule has 28 heavy (non-hydrogen) atoms. The zero-order valence-electron chi connectivity index (χ0n) is 14.8. The number of hydrogen-bond donors (Lipinski definition) is 2. The highest BCUT2D eigenvalue weighted by Gasteiger charge is 2.25. The normalized spacial score (nSPS) is 13.2. The van der Waals surface area contributed by atoms with Crippen LogP contribution in [0, 0.1) is 17.1 Å². The number of aromatic nitrogens is 2. The summed E-state index contributed by atoms with van der Waals surface area (Å²) in [5.41, 5.74) is 1.94. The zero-order valence-corrected chi connectivity index (χ0v) is 15.6. The van der Waals surface area contributed by atoms with Gasteiger partial charge in [-0.15, -0.1) is 21.5 Å². The third-order valence-electron chi connectivity index (χ3n) is 4.33. The molecule has 0 aliphatic carbocycles. The monoisotopic (exact) mass is 394 g/mol. The Bertz CT molecular complexity index is 1160. The maximum absolute atomic E-state index is 13.1. The highest BCUT2D eigenvalue weighted by Crippen LogP contribution is 2.34. The van der Waals surface area contributed by atoms with Crippen LogP contribution in [-0.2, 0) is 0 Å². The Morgan fingerprint density at radius 1 is 1.18 bits per heavy atom. The van der Waals surface area contributed by atoms with Crippen molar-refractivity contribution in [3.63, 3.8) is 0 Å². The Morgan fingerprint density at radius 2 is 1.96 bits per heavy atom. The second kappa shape index (κ2) is 7.38. The van der Waals surface area contributed by atoms with Crippen LogP contribution >= 0.6 is 11.3 Å². The minimum absolute atomic E-state index is 0.210. The second-order valence-electron chi connectivity index (χ2n) is 6.25. The van der Waals surface area contributed by atoms with Gasteiger partial charge in [-0.2, -0.15) is 5.26 Å². The van der Waals surface area contributed by atoms with E-state index in [0.717, 1.165) is 15.8 Å². The van der Waals surface area contributed by atoms with Crippen LogP contribution in [0.3, 0.4) is 0 Å². The molecule has 0 aliphatic rings. The number of hydrogen-bond acceptors (Lipinski definition) is 7. The van der Waals surface area contributed by atoms with Gasteiger partial charge in [0.1, 0.15) is 17.9 Å². The van der Waals surface area contributed by atoms with Crippen molar-refractivity contribution < 1.29 is 13.9 Å². The van der Waals surface area contributed by atoms with Crippen LogP contribution in [0.15, 0.2) is 52.3 Å². The molecular weight excluding hydrogens is 379 g/mol. The van der Waals surface area contributed by atoms with Crippen LogP contribution in [0.1, 0.15) is 24.4 Å². The van der Waals surface area contributed by atoms with Crippen molar-refractivity contribution in [2.24, 2.45) is 0 Å². The molecule has 0 aliphatic heterocycles. The number of nitrogens with one attached hydrogen (secondary N) is 1. The highest BCUT2D eigenvalue weighted by atomic mass is 32.1. The summed E-state index contributed by atoms with van der Waals surface area (Å²) in [5.74, 6) is 0.0950. The van der Waals surface area contributed by atoms with Crippen molar-refractivity contribution in [3.05, 3.63) is 65.1 Å². The van der Waals surface area contributed by atoms with Gasteiger partial charge < -0.3 is 14.8 Å². The molecule has 0 bridgehead atoms. The molecule has 0 fully saturated rings. The predicted octanol–water partition coefficient (Wildman–Crippen LogP) is 4.50. The number of halogens is 1. The second-order valence-corrected chi connectivity index (χ2v) is 7.17. The lowest BCUT2D eigenvalue weighted by Gasteiger charge is -2.20. The zero-order chi connectivity index (χ0) is 19.7. The smallest absolute Gasteiger partial charge is 0.247 e. The van der Waals surface area contributed by atoms with Crippen molar-refractivity contribution in [2.75, 3.05) is 5.32 Å². The number of nitriles is 1. The molecule has 2 aromatic heterocycles. The first kappa shape index (κ1) is 18.1. The highest BCUT2D eigenvalue weighted by molar-refractivity contribution is 7.17. The number of fused-ring (bicyclic) bond motifs is 1. The molecule has 2 atom stereocenters. The van der Waals surface area contributed by atoms with Crippen LogP contribution in [0.5, 0.6) is 0 Å². The molecule has 4 aromatic rings. The van der Waals surface area contributed by atoms with E-state index < -0.39 is 12.1 Å². The molecule has 0 spiro atoms. The third-order valence-corrected chi connectivity index (χ3v) is 5.28. The summed E-state index contributed by atoms with van der Waals surface area (Å²) in [6, 6.07) is 12.7. The Hall–Kier alpha value is -3.28. The van der Waals surface area contributed by atoms with Crippen molar-refractivity contribution in [3.8, 4) is 17.5 Å². The minimum atomic E-state index is -0.828. The number of aliphatic hydroxyl groups is 1. The van der Waals surface area contributed by atoms with E-state index in [1.165, 1.54) is 23.5 Å². The van der Waals surface area contributed by atoms with E-state index in [2.05, 4.69) is 21.6 Å². The van der Waals surface area contributed by atoms with E-state index in [9.17, 15) is 14.8 Å². The quantitative estimate of drug-likeness (QED) is 0.518. The largest absolute Gasteiger partial charge is 0.418 e. The number of thiophene rings is 1. The van der Waals surface area contributed by atoms with E-state index in [1.54, 1.807) is 31.2 Å². The summed E-state index contributed by atoms with van der Waals surface area (Å²) in [7, 11) is 0. The summed E-state index contributed by atoms with van der Waals surface area (Å²) < 4.78 is 19.7. The molecular formula is C20H15FN4O2S. The maximum Gasteiger partial charge on any atom is 0.247 e. The number of aliphatic hydroxyl groups excluding tert-OH is 1. The lowest BCUT2D eigenvalue weighted by molar-refractivity contribution is 0.160. The molecule has 0 amide bonds. The van der Waals surface area contributed by atoms with Gasteiger partial charge in [-0.05, 0) is 54.8 Å². The number of anilines is 1. The number of rotatable bonds is 5. The average Bonchev–Trinajstić information content (AvgIpc) is 3.36. The van der Waals surface area contributed by atoms with Gasteiger partial charge in [-0.1, -0.05) is 0 Å². The molecule has 0 radical (unpaired) electrons. The summed E-state index contributed by atoms with van der Waals surface area (Å²) in [6.07, 6.45) is -0.828. The number of nitrogens with zero attached hydrogens (tertiary/aromatic N) is 3. The van der Waals surface area contributed by atoms with Crippen LogP contribution < -0.4 is 5.32 Å². The van der Waals surface area contributed by atoms with Gasteiger partial charge in [0.2, 0.25) is 11.8 Å². The molecule has 0 unspecified atom stereocenters. The van der Waals surface area contributed by atoms with Gasteiger partial charge in [0.15, 0.2) is 0 Å². The molecule has 140 valence electrons. The van der Waals surface area contributed by atoms with Crippen LogP contribution in [0.4, 0.5) is 10.1 Å². The van der Waals surface area contributed by atoms with Gasteiger partial charge >= 0.3 is 0 Å². The van der Waals surface area contributed by atoms with Gasteiger partial charge in [0.25, 0.3) is 0 Å². The molecule has 0 saturated carbocycles. The van der Waals surface area contributed by atoms with Gasteiger partial charge in [-0.25, -0.2) is 4.39 Å². The van der Waals surface area contributed by atoms with E-state index in [1.807, 2.05) is 11.4 Å². The minimum Gasteiger partial charge on any atom is -0.418 e. The van der Waals surface area contributed by atoms with Crippen molar-refractivity contribution >= 4 is 27.1 Å². The number of benzene rings is 2. The molecule has 2 aromatic carbocycles. The Morgan fingerprint density at radius 3 is 2.68 bits per heavy atom. The fourth-order valence-corrected chi connectivity index (χ4v) is 3.79. The van der Waals surface area contributed by atoms with E-state index in [-0.39, 0.29) is 17.6 Å². The summed E-state index contributed by atoms with van der Waals surface area (Å²) in [4.78, 5) is 0. The Labute approximate surface area is 163 Å². The third kappa shape index (κ3) is 3.33. The SMILES string of the molecule is C[C@H](O)[C@@H](Nc1ccc(C#N)c2sccc12)c1nnc(-c2ccc(F)cc2)o1. The Balaban J connectivity index is 1.67. The van der Waals surface area contributed by atoms with Crippen LogP contribution in [0.25, 0.3) is 21.5 Å².